The van der Waals surface area contributed by atoms with Crippen LogP contribution in [0.25, 0.3) is 55.2 Å². The van der Waals surface area contributed by atoms with Gasteiger partial charge >= 0.3 is 7.12 Å². The third kappa shape index (κ3) is 18.9. The molecule has 18 N–H and O–H groups in total. The minimum Gasteiger partial charge on any atom is -0.437 e. The summed E-state index contributed by atoms with van der Waals surface area (Å²) in [5.41, 5.74) is -2.36. The normalized spacial score (nSPS) is 32.6. The van der Waals surface area contributed by atoms with Crippen LogP contribution in [0, 0.1) is 14.3 Å². The van der Waals surface area contributed by atoms with Gasteiger partial charge in [0.25, 0.3) is 29.8 Å². The summed E-state index contributed by atoms with van der Waals surface area (Å²) in [7, 11) is -5.03. The highest BCUT2D eigenvalue weighted by molar-refractivity contribution is 14.1. The van der Waals surface area contributed by atoms with Crippen LogP contribution < -0.4 is 16.4 Å². The summed E-state index contributed by atoms with van der Waals surface area (Å²) in [4.78, 5) is 43.3. The molecular weight excluding hydrogens is 2460 g/mol. The lowest BCUT2D eigenvalue weighted by atomic mass is 9.80. The average molecular weight is 2540 g/mol. The molecule has 0 spiro atoms. The van der Waals surface area contributed by atoms with Gasteiger partial charge in [-0.05, 0) is 189 Å². The van der Waals surface area contributed by atoms with Crippen molar-refractivity contribution in [3.05, 3.63) is 92.4 Å². The number of aliphatic hydroxyl groups excluding tert-OH is 6. The fraction of sp³-hybridized carbons (Fsp3) is 0.531. The molecular formula is C64H80B5Br5Cl3I4N17O24. The molecule has 0 radical (unpaired) electrons. The molecule has 0 saturated carbocycles. The van der Waals surface area contributed by atoms with Crippen molar-refractivity contribution in [1.82, 2.24) is 73.1 Å². The zero-order valence-corrected chi connectivity index (χ0v) is 83.6. The van der Waals surface area contributed by atoms with E-state index in [1.54, 1.807) is 64.3 Å². The lowest BCUT2D eigenvalue weighted by Crippen LogP contribution is -2.53. The summed E-state index contributed by atoms with van der Waals surface area (Å²) in [5, 5.41) is 154. The number of fused-ring (bicyclic) bond motifs is 5. The molecule has 0 unspecified atom stereocenters. The zero-order valence-electron chi connectivity index (χ0n) is 68.7. The number of anilines is 2. The minimum absolute atomic E-state index is 0.0115. The van der Waals surface area contributed by atoms with Crippen molar-refractivity contribution in [3.8, 4) is 0 Å². The smallest absolute Gasteiger partial charge is 0.437 e. The molecule has 122 heavy (non-hydrogen) atoms. The lowest BCUT2D eigenvalue weighted by molar-refractivity contribution is -0.116. The van der Waals surface area contributed by atoms with Gasteiger partial charge in [-0.15, -0.1) is 0 Å². The summed E-state index contributed by atoms with van der Waals surface area (Å²) in [6.45, 7) is 12.3. The molecule has 10 aromatic rings. The number of rotatable bonds is 20. The molecule has 10 aromatic heterocycles. The fourth-order valence-corrected chi connectivity index (χ4v) is 21.4. The monoisotopic (exact) mass is 2540 g/mol. The first-order chi connectivity index (χ1) is 58.7. The summed E-state index contributed by atoms with van der Waals surface area (Å²) >= 11 is 43.3. The van der Waals surface area contributed by atoms with Crippen molar-refractivity contribution < 1.29 is 119 Å². The van der Waals surface area contributed by atoms with Gasteiger partial charge in [-0.2, -0.15) is 0 Å². The van der Waals surface area contributed by atoms with E-state index >= 15 is 0 Å². The molecule has 664 valence electrons. The maximum absolute atomic E-state index is 11.5. The molecule has 5 saturated heterocycles. The van der Waals surface area contributed by atoms with Crippen LogP contribution in [-0.2, 0) is 60.8 Å². The topological polar surface area (TPSA) is 575 Å². The Morgan fingerprint density at radius 2 is 0.836 bits per heavy atom. The van der Waals surface area contributed by atoms with Crippen LogP contribution in [-0.4, -0.2) is 319 Å². The lowest BCUT2D eigenvalue weighted by Gasteiger charge is -2.37. The Kier molecular flexibility index (Phi) is 32.5. The number of aromatic nitrogens is 15. The van der Waals surface area contributed by atoms with Crippen LogP contribution >= 0.6 is 205 Å². The average Bonchev–Trinajstić information content (AvgIpc) is 1.59. The van der Waals surface area contributed by atoms with Gasteiger partial charge in [0.15, 0.2) is 11.6 Å². The molecule has 5 fully saturated rings. The molecule has 41 nitrogen and oxygen atoms in total. The summed E-state index contributed by atoms with van der Waals surface area (Å²) in [5.74, 6) is 0.103. The Morgan fingerprint density at radius 1 is 0.492 bits per heavy atom. The van der Waals surface area contributed by atoms with Crippen molar-refractivity contribution in [2.75, 3.05) is 44.0 Å². The maximum atomic E-state index is 11.5. The standard InChI is InChI=1S/C14H18B2BrClIN3O4.C12H16BBrN4O7.C12H12BrClIN3O4.C12H14BrIN4O5.C8H17B2BrO4.C6H3ClIN3/c1-13(23)10(26-16-3)8(5-24-15-2)25-14(13,17)22-4-7(19)9-11(18)20-6-21-12(9)22;1-11(21)8(20)6(3-19)25-12(11,14)18-2-5(13(22)23)7-9(17-24)15-4-16-10(7)18;1-11(21)8(20)6(3-19)22-12(11,13)18-2-5(15)7-9(14)16-4-17-10(7)18;1-11(21)8(20)6(3-19)23-12(11,13)18-2-5(14)7-9(17-22)15-4-16-10(7)18;1-8(12)6(15-10-3)5(4-13-9-2)14-7(8)11;7-5-4-3(8)1-9-6(4)11-2-10-5/h4,6,8,10,15-16,23H,5H2,1-3H3;2,4,6,8,19-24H,3H2,1H3,(H,15,16,17);2,4,6,8,19-21H,3H2,1H3;2,4,6,8,19-22H,3H2,1H3,(H,15,16,17);5-7,9-10,12H,4H2,1-3H3;1-2H,(H,9,10,11)/t8-,10-,13+,14+;3*6-,8-,11+,12+;5-,6-,7+,8+;/m11111./s1/i15D,16D;;;;9D,10D;. The zero-order chi connectivity index (χ0) is 93.8. The maximum Gasteiger partial charge on any atom is 0.490 e. The Morgan fingerprint density at radius 3 is 1.22 bits per heavy atom. The van der Waals surface area contributed by atoms with Crippen molar-refractivity contribution in [1.29, 1.82) is 5.34 Å². The predicted octanol–water partition coefficient (Wildman–Crippen LogP) is 3.28. The highest BCUT2D eigenvalue weighted by Crippen LogP contribution is 2.55. The summed E-state index contributed by atoms with van der Waals surface area (Å²) in [6, 6.07) is 0. The Balaban J connectivity index is 0.000000160. The van der Waals surface area contributed by atoms with Crippen LogP contribution in [0.5, 0.6) is 0 Å². The van der Waals surface area contributed by atoms with E-state index in [1.807, 2.05) is 39.7 Å². The van der Waals surface area contributed by atoms with Crippen molar-refractivity contribution in [2.24, 2.45) is 0 Å². The number of aromatic amines is 1. The minimum atomic E-state index is -1.94. The Labute approximate surface area is 813 Å². The van der Waals surface area contributed by atoms with Gasteiger partial charge in [0.05, 0.1) is 60.0 Å². The summed E-state index contributed by atoms with van der Waals surface area (Å²) in [6.07, 6.45) is 4.70. The van der Waals surface area contributed by atoms with Crippen molar-refractivity contribution in [2.45, 2.75) is 175 Å². The summed E-state index contributed by atoms with van der Waals surface area (Å²) < 4.78 is 83.1. The van der Waals surface area contributed by atoms with E-state index in [1.165, 1.54) is 66.0 Å². The second-order valence-electron chi connectivity index (χ2n) is 28.0. The first-order valence-electron chi connectivity index (χ1n) is 38.0. The van der Waals surface area contributed by atoms with Crippen molar-refractivity contribution >= 4 is 314 Å². The number of halogens is 12. The van der Waals surface area contributed by atoms with E-state index in [9.17, 15) is 76.6 Å². The number of nitrogens with zero attached hydrogens (tertiary/aromatic N) is 14. The van der Waals surface area contributed by atoms with Crippen molar-refractivity contribution in [3.63, 3.8) is 0 Å². The van der Waals surface area contributed by atoms with E-state index < -0.39 is 169 Å². The number of alkyl halides is 5. The molecule has 5 aliphatic heterocycles. The van der Waals surface area contributed by atoms with Crippen LogP contribution in [0.4, 0.5) is 11.6 Å². The van der Waals surface area contributed by atoms with Crippen LogP contribution in [0.3, 0.4) is 0 Å². The van der Waals surface area contributed by atoms with Crippen LogP contribution in [0.1, 0.15) is 34.6 Å². The number of hydrogen-bond donors (Lipinski definition) is 18. The largest absolute Gasteiger partial charge is 0.490 e. The van der Waals surface area contributed by atoms with Gasteiger partial charge < -0.3 is 114 Å². The molecule has 15 heterocycles. The third-order valence-electron chi connectivity index (χ3n) is 20.3. The van der Waals surface area contributed by atoms with Gasteiger partial charge in [-0.1, -0.05) is 78.0 Å². The molecule has 15 rings (SSSR count). The molecule has 5 aliphatic rings. The molecule has 0 aromatic carbocycles. The predicted molar refractivity (Wildman–Crippen MR) is 501 cm³/mol. The second-order valence-corrected chi connectivity index (χ2v) is 38.8. The fourth-order valence-electron chi connectivity index (χ4n) is 13.8. The van der Waals surface area contributed by atoms with E-state index in [-0.39, 0.29) is 51.7 Å². The van der Waals surface area contributed by atoms with Gasteiger partial charge in [-0.3, -0.25) is 39.6 Å². The number of H-pyrrole nitrogens is 1. The number of nitrogens with one attached hydrogen (secondary N) is 3. The Bertz CT molecular complexity index is 5500. The van der Waals surface area contributed by atoms with E-state index in [0.29, 0.717) is 41.8 Å². The number of ether oxygens (including phenoxy) is 5. The molecule has 20 atom stereocenters. The van der Waals surface area contributed by atoms with Crippen LogP contribution in [0.2, 0.25) is 42.8 Å². The van der Waals surface area contributed by atoms with Gasteiger partial charge in [0.2, 0.25) is 18.5 Å². The highest BCUT2D eigenvalue weighted by atomic mass is 127. The van der Waals surface area contributed by atoms with E-state index in [4.69, 9.17) is 82.4 Å². The third-order valence-corrected chi connectivity index (χ3v) is 31.1. The highest BCUT2D eigenvalue weighted by Gasteiger charge is 2.67. The van der Waals surface area contributed by atoms with Crippen LogP contribution in [0.15, 0.2) is 62.6 Å². The first kappa shape index (κ1) is 96.3. The van der Waals surface area contributed by atoms with Gasteiger partial charge in [0.1, 0.15) is 169 Å². The van der Waals surface area contributed by atoms with Gasteiger partial charge in [0, 0.05) is 56.1 Å². The number of aliphatic hydroxyl groups is 11. The SMILES string of the molecule is C[C@]1(O)[C@H](O)[C@@H](CO)O[C@@]1(Br)n1cc(B(O)O)c2c(NO)ncnc21.C[C@]1(O)[C@H](O)[C@@H](CO)O[C@@]1(Br)n1cc(I)c2c(Cl)ncnc21.C[C@]1(O)[C@H](O)[C@@H](CO)O[C@@]1(Br)n1cc(I)c2c(NO)ncnc21.Clc1ncnc2[nH]cc(I)c12.[2H]B(C)OC[C@H]1O[C@@](Br)(n2cc(I)c3c(Cl)ncnc32)[C@@](C)(O)[C@@H]1OB([2H])C.[2H]B(C)OC[C@H]1O[C@H](Br)[C@@](C)(O)[C@@H]1OB([2H])C. The Hall–Kier alpha value is -1.75. The molecule has 0 aliphatic carbocycles. The van der Waals surface area contributed by atoms with Gasteiger partial charge in [-0.25, -0.2) is 49.8 Å². The quantitative estimate of drug-likeness (QED) is 0.0171. The molecule has 58 heteroatoms. The molecule has 0 bridgehead atoms. The number of hydrogen-bond acceptors (Lipinski definition) is 36. The molecule has 0 amide bonds. The second kappa shape index (κ2) is 41.2. The van der Waals surface area contributed by atoms with E-state index in [0.717, 1.165) is 28.1 Å². The van der Waals surface area contributed by atoms with E-state index in [2.05, 4.69) is 202 Å². The first-order valence-corrected chi connectivity index (χ1v) is 45.3.